The highest BCUT2D eigenvalue weighted by Crippen LogP contribution is 2.28. The van der Waals surface area contributed by atoms with E-state index in [-0.39, 0.29) is 12.8 Å². The summed E-state index contributed by atoms with van der Waals surface area (Å²) in [5.41, 5.74) is 0. The SMILES string of the molecule is CCC(F)(F)CCC(C)C(C)C. The fourth-order valence-electron chi connectivity index (χ4n) is 0.949. The average molecular weight is 178 g/mol. The van der Waals surface area contributed by atoms with Crippen molar-refractivity contribution in [3.63, 3.8) is 0 Å². The Morgan fingerprint density at radius 2 is 1.67 bits per heavy atom. The van der Waals surface area contributed by atoms with E-state index < -0.39 is 5.92 Å². The highest BCUT2D eigenvalue weighted by atomic mass is 19.3. The summed E-state index contributed by atoms with van der Waals surface area (Å²) in [5, 5.41) is 0. The molecule has 0 radical (unpaired) electrons. The Bertz CT molecular complexity index is 119. The molecule has 0 amide bonds. The van der Waals surface area contributed by atoms with Crippen molar-refractivity contribution in [1.82, 2.24) is 0 Å². The molecule has 0 aromatic heterocycles. The first-order valence-electron chi connectivity index (χ1n) is 4.77. The van der Waals surface area contributed by atoms with Crippen LogP contribution in [-0.4, -0.2) is 5.92 Å². The minimum atomic E-state index is -2.44. The summed E-state index contributed by atoms with van der Waals surface area (Å²) in [6.07, 6.45) is 0.652. The van der Waals surface area contributed by atoms with Crippen LogP contribution in [0.1, 0.15) is 47.0 Å². The predicted molar refractivity (Wildman–Crippen MR) is 48.5 cm³/mol. The van der Waals surface area contributed by atoms with Crippen molar-refractivity contribution >= 4 is 0 Å². The fraction of sp³-hybridized carbons (Fsp3) is 1.00. The lowest BCUT2D eigenvalue weighted by atomic mass is 9.91. The minimum absolute atomic E-state index is 0.0299. The van der Waals surface area contributed by atoms with Gasteiger partial charge >= 0.3 is 0 Å². The molecule has 0 nitrogen and oxygen atoms in total. The van der Waals surface area contributed by atoms with E-state index in [2.05, 4.69) is 13.8 Å². The molecule has 0 aliphatic carbocycles. The molecule has 0 bridgehead atoms. The third kappa shape index (κ3) is 4.68. The van der Waals surface area contributed by atoms with Crippen LogP contribution in [0.2, 0.25) is 0 Å². The average Bonchev–Trinajstić information content (AvgIpc) is 2.00. The van der Waals surface area contributed by atoms with E-state index in [0.29, 0.717) is 18.3 Å². The quantitative estimate of drug-likeness (QED) is 0.594. The van der Waals surface area contributed by atoms with Crippen LogP contribution in [0.25, 0.3) is 0 Å². The summed E-state index contributed by atoms with van der Waals surface area (Å²) < 4.78 is 25.6. The first kappa shape index (κ1) is 11.9. The van der Waals surface area contributed by atoms with Gasteiger partial charge in [0.05, 0.1) is 0 Å². The maximum atomic E-state index is 12.8. The van der Waals surface area contributed by atoms with E-state index in [4.69, 9.17) is 0 Å². The summed E-state index contributed by atoms with van der Waals surface area (Å²) in [4.78, 5) is 0. The standard InChI is InChI=1S/C10H20F2/c1-5-10(11,12)7-6-9(4)8(2)3/h8-9H,5-7H2,1-4H3. The molecule has 1 atom stereocenters. The molecule has 0 fully saturated rings. The van der Waals surface area contributed by atoms with Crippen LogP contribution >= 0.6 is 0 Å². The van der Waals surface area contributed by atoms with Gasteiger partial charge < -0.3 is 0 Å². The fourth-order valence-corrected chi connectivity index (χ4v) is 0.949. The van der Waals surface area contributed by atoms with Gasteiger partial charge in [-0.2, -0.15) is 0 Å². The molecule has 0 spiro atoms. The Morgan fingerprint density at radius 3 is 2.00 bits per heavy atom. The Morgan fingerprint density at radius 1 is 1.17 bits per heavy atom. The summed E-state index contributed by atoms with van der Waals surface area (Å²) in [5.74, 6) is -1.52. The summed E-state index contributed by atoms with van der Waals surface area (Å²) in [6, 6.07) is 0. The molecule has 0 aromatic rings. The molecule has 0 saturated carbocycles. The molecule has 12 heavy (non-hydrogen) atoms. The van der Waals surface area contributed by atoms with Crippen molar-refractivity contribution in [2.24, 2.45) is 11.8 Å². The van der Waals surface area contributed by atoms with Gasteiger partial charge in [-0.05, 0) is 18.3 Å². The maximum Gasteiger partial charge on any atom is 0.247 e. The number of halogens is 2. The number of alkyl halides is 2. The van der Waals surface area contributed by atoms with Gasteiger partial charge in [-0.25, -0.2) is 8.78 Å². The van der Waals surface area contributed by atoms with Crippen LogP contribution in [-0.2, 0) is 0 Å². The molecule has 0 N–H and O–H groups in total. The van der Waals surface area contributed by atoms with Crippen molar-refractivity contribution in [2.75, 3.05) is 0 Å². The third-order valence-corrected chi connectivity index (χ3v) is 2.62. The van der Waals surface area contributed by atoms with Gasteiger partial charge in [-0.15, -0.1) is 0 Å². The summed E-state index contributed by atoms with van der Waals surface area (Å²) in [6.45, 7) is 7.74. The van der Waals surface area contributed by atoms with Gasteiger partial charge in [0, 0.05) is 12.8 Å². The zero-order valence-electron chi connectivity index (χ0n) is 8.53. The molecular formula is C10H20F2. The topological polar surface area (TPSA) is 0 Å². The van der Waals surface area contributed by atoms with Crippen LogP contribution in [0.5, 0.6) is 0 Å². The molecule has 0 aliphatic heterocycles. The van der Waals surface area contributed by atoms with Crippen molar-refractivity contribution in [3.05, 3.63) is 0 Å². The molecule has 2 heteroatoms. The second-order valence-electron chi connectivity index (χ2n) is 3.97. The molecule has 74 valence electrons. The van der Waals surface area contributed by atoms with E-state index in [1.807, 2.05) is 6.92 Å². The summed E-state index contributed by atoms with van der Waals surface area (Å²) >= 11 is 0. The molecule has 1 unspecified atom stereocenters. The second-order valence-corrected chi connectivity index (χ2v) is 3.97. The largest absolute Gasteiger partial charge is 0.247 e. The predicted octanol–water partition coefficient (Wildman–Crippen LogP) is 4.10. The minimum Gasteiger partial charge on any atom is -0.207 e. The van der Waals surface area contributed by atoms with E-state index >= 15 is 0 Å². The van der Waals surface area contributed by atoms with Gasteiger partial charge in [0.25, 0.3) is 0 Å². The van der Waals surface area contributed by atoms with Gasteiger partial charge in [0.2, 0.25) is 5.92 Å². The van der Waals surface area contributed by atoms with Crippen molar-refractivity contribution < 1.29 is 8.78 Å². The van der Waals surface area contributed by atoms with Gasteiger partial charge in [-0.1, -0.05) is 27.7 Å². The Kier molecular flexibility index (Phi) is 4.73. The molecule has 0 heterocycles. The van der Waals surface area contributed by atoms with Crippen LogP contribution in [0.3, 0.4) is 0 Å². The second kappa shape index (κ2) is 4.78. The molecule has 0 rings (SSSR count). The highest BCUT2D eigenvalue weighted by molar-refractivity contribution is 4.67. The van der Waals surface area contributed by atoms with E-state index in [1.54, 1.807) is 6.92 Å². The third-order valence-electron chi connectivity index (χ3n) is 2.62. The Hall–Kier alpha value is -0.140. The lowest BCUT2D eigenvalue weighted by Gasteiger charge is -2.19. The van der Waals surface area contributed by atoms with Crippen LogP contribution < -0.4 is 0 Å². The van der Waals surface area contributed by atoms with Gasteiger partial charge in [-0.3, -0.25) is 0 Å². The van der Waals surface area contributed by atoms with Crippen molar-refractivity contribution in [3.8, 4) is 0 Å². The van der Waals surface area contributed by atoms with E-state index in [1.165, 1.54) is 0 Å². The van der Waals surface area contributed by atoms with Crippen LogP contribution in [0.4, 0.5) is 8.78 Å². The zero-order valence-corrected chi connectivity index (χ0v) is 8.53. The molecular weight excluding hydrogens is 158 g/mol. The lowest BCUT2D eigenvalue weighted by Crippen LogP contribution is -2.17. The van der Waals surface area contributed by atoms with E-state index in [9.17, 15) is 8.78 Å². The first-order valence-corrected chi connectivity index (χ1v) is 4.77. The van der Waals surface area contributed by atoms with Crippen LogP contribution in [0, 0.1) is 11.8 Å². The zero-order chi connectivity index (χ0) is 9.78. The van der Waals surface area contributed by atoms with Crippen molar-refractivity contribution in [2.45, 2.75) is 52.9 Å². The Balaban J connectivity index is 3.67. The number of rotatable bonds is 5. The molecule has 0 aliphatic rings. The monoisotopic (exact) mass is 178 g/mol. The van der Waals surface area contributed by atoms with Crippen LogP contribution in [0.15, 0.2) is 0 Å². The maximum absolute atomic E-state index is 12.8. The van der Waals surface area contributed by atoms with E-state index in [0.717, 1.165) is 0 Å². The van der Waals surface area contributed by atoms with Crippen molar-refractivity contribution in [1.29, 1.82) is 0 Å². The molecule has 0 saturated heterocycles. The van der Waals surface area contributed by atoms with Gasteiger partial charge in [0.1, 0.15) is 0 Å². The number of hydrogen-bond acceptors (Lipinski definition) is 0. The smallest absolute Gasteiger partial charge is 0.207 e. The van der Waals surface area contributed by atoms with Gasteiger partial charge in [0.15, 0.2) is 0 Å². The highest BCUT2D eigenvalue weighted by Gasteiger charge is 2.26. The molecule has 0 aromatic carbocycles. The summed E-state index contributed by atoms with van der Waals surface area (Å²) in [7, 11) is 0. The lowest BCUT2D eigenvalue weighted by molar-refractivity contribution is -0.0178. The first-order chi connectivity index (χ1) is 5.39. The normalized spacial score (nSPS) is 15.2. The Labute approximate surface area is 74.4 Å². The number of hydrogen-bond donors (Lipinski definition) is 0.